The van der Waals surface area contributed by atoms with Crippen LogP contribution in [0.25, 0.3) is 0 Å². The summed E-state index contributed by atoms with van der Waals surface area (Å²) in [6.45, 7) is 5.59. The van der Waals surface area contributed by atoms with E-state index < -0.39 is 5.60 Å². The minimum absolute atomic E-state index is 0.272. The Hall–Kier alpha value is -0.510. The molecule has 1 aliphatic carbocycles. The van der Waals surface area contributed by atoms with Gasteiger partial charge in [-0.3, -0.25) is 0 Å². The van der Waals surface area contributed by atoms with Gasteiger partial charge in [0.2, 0.25) is 0 Å². The van der Waals surface area contributed by atoms with E-state index in [1.807, 2.05) is 25.8 Å². The molecule has 0 atom stereocenters. The van der Waals surface area contributed by atoms with Crippen molar-refractivity contribution in [3.8, 4) is 0 Å². The third kappa shape index (κ3) is 4.69. The van der Waals surface area contributed by atoms with Crippen molar-refractivity contribution >= 4 is 22.0 Å². The second-order valence-electron chi connectivity index (χ2n) is 4.89. The van der Waals surface area contributed by atoms with Crippen molar-refractivity contribution in [1.82, 2.24) is 5.32 Å². The monoisotopic (exact) mass is 275 g/mol. The van der Waals surface area contributed by atoms with E-state index in [1.165, 1.54) is 0 Å². The molecule has 0 aromatic rings. The van der Waals surface area contributed by atoms with E-state index in [-0.39, 0.29) is 12.1 Å². The Kier molecular flexibility index (Phi) is 4.20. The van der Waals surface area contributed by atoms with Crippen molar-refractivity contribution in [3.05, 3.63) is 11.1 Å². The van der Waals surface area contributed by atoms with Gasteiger partial charge in [-0.25, -0.2) is 4.79 Å². The maximum Gasteiger partial charge on any atom is 0.407 e. The third-order valence-electron chi connectivity index (χ3n) is 2.24. The average molecular weight is 276 g/mol. The summed E-state index contributed by atoms with van der Waals surface area (Å²) < 4.78 is 5.16. The molecule has 0 heterocycles. The third-order valence-corrected chi connectivity index (χ3v) is 2.55. The zero-order valence-corrected chi connectivity index (χ0v) is 11.0. The van der Waals surface area contributed by atoms with Gasteiger partial charge in [0.25, 0.3) is 0 Å². The number of ether oxygens (including phenoxy) is 1. The molecule has 0 aromatic heterocycles. The minimum atomic E-state index is -0.414. The van der Waals surface area contributed by atoms with Crippen molar-refractivity contribution in [3.63, 3.8) is 0 Å². The molecule has 1 rings (SSSR count). The number of alkyl carbamates (subject to hydrolysis) is 1. The van der Waals surface area contributed by atoms with Crippen LogP contribution in [0.2, 0.25) is 0 Å². The summed E-state index contributed by atoms with van der Waals surface area (Å²) in [5, 5.41) is 2.85. The van der Waals surface area contributed by atoms with Gasteiger partial charge in [-0.15, -0.1) is 0 Å². The van der Waals surface area contributed by atoms with Gasteiger partial charge in [0.05, 0.1) is 0 Å². The molecule has 0 unspecified atom stereocenters. The van der Waals surface area contributed by atoms with E-state index in [2.05, 4.69) is 27.3 Å². The standard InChI is InChI=1S/C11H18BrNO2/c1-11(2,3)15-10(14)13-9-6-8(7-9)4-5-12/h4-5,8-9H,6-7H2,1-3H3,(H,13,14)/b5-4+. The van der Waals surface area contributed by atoms with E-state index in [9.17, 15) is 4.79 Å². The Morgan fingerprint density at radius 2 is 2.07 bits per heavy atom. The molecule has 1 aliphatic rings. The number of carbonyl (C=O) groups excluding carboxylic acids is 1. The first-order valence-corrected chi connectivity index (χ1v) is 6.08. The highest BCUT2D eigenvalue weighted by Crippen LogP contribution is 2.29. The topological polar surface area (TPSA) is 38.3 Å². The molecule has 3 nitrogen and oxygen atoms in total. The van der Waals surface area contributed by atoms with Crippen LogP contribution in [0.1, 0.15) is 33.6 Å². The van der Waals surface area contributed by atoms with Gasteiger partial charge < -0.3 is 10.1 Å². The summed E-state index contributed by atoms with van der Waals surface area (Å²) >= 11 is 3.24. The number of rotatable bonds is 2. The van der Waals surface area contributed by atoms with E-state index in [4.69, 9.17) is 4.74 Å². The molecule has 1 N–H and O–H groups in total. The molecule has 0 radical (unpaired) electrons. The molecular weight excluding hydrogens is 258 g/mol. The quantitative estimate of drug-likeness (QED) is 0.841. The molecule has 0 spiro atoms. The van der Waals surface area contributed by atoms with Crippen LogP contribution in [0.4, 0.5) is 4.79 Å². The molecule has 86 valence electrons. The highest BCUT2D eigenvalue weighted by molar-refractivity contribution is 9.11. The molecule has 0 saturated heterocycles. The number of hydrogen-bond acceptors (Lipinski definition) is 2. The summed E-state index contributed by atoms with van der Waals surface area (Å²) in [6, 6.07) is 0.272. The van der Waals surface area contributed by atoms with Gasteiger partial charge in [-0.05, 0) is 44.5 Å². The molecule has 0 aromatic carbocycles. The summed E-state index contributed by atoms with van der Waals surface area (Å²) in [6.07, 6.45) is 3.80. The first-order chi connectivity index (χ1) is 6.90. The summed E-state index contributed by atoms with van der Waals surface area (Å²) in [5.74, 6) is 0.587. The lowest BCUT2D eigenvalue weighted by atomic mass is 9.80. The maximum absolute atomic E-state index is 11.4. The Balaban J connectivity index is 2.19. The van der Waals surface area contributed by atoms with Crippen molar-refractivity contribution in [2.45, 2.75) is 45.3 Å². The molecular formula is C11H18BrNO2. The number of allylic oxidation sites excluding steroid dienone is 1. The van der Waals surface area contributed by atoms with Crippen molar-refractivity contribution in [1.29, 1.82) is 0 Å². The van der Waals surface area contributed by atoms with Gasteiger partial charge in [-0.1, -0.05) is 22.0 Å². The lowest BCUT2D eigenvalue weighted by molar-refractivity contribution is 0.0465. The van der Waals surface area contributed by atoms with Crippen LogP contribution in [0.5, 0.6) is 0 Å². The highest BCUT2D eigenvalue weighted by atomic mass is 79.9. The van der Waals surface area contributed by atoms with E-state index in [1.54, 1.807) is 0 Å². The number of carbonyl (C=O) groups is 1. The second kappa shape index (κ2) is 5.01. The Bertz CT molecular complexity index is 252. The number of halogens is 1. The number of hydrogen-bond donors (Lipinski definition) is 1. The van der Waals surface area contributed by atoms with Crippen LogP contribution in [-0.4, -0.2) is 17.7 Å². The second-order valence-corrected chi connectivity index (χ2v) is 5.42. The molecule has 1 saturated carbocycles. The zero-order valence-electron chi connectivity index (χ0n) is 9.42. The van der Waals surface area contributed by atoms with Crippen LogP contribution in [0.3, 0.4) is 0 Å². The van der Waals surface area contributed by atoms with Crippen LogP contribution in [0, 0.1) is 5.92 Å². The fourth-order valence-corrected chi connectivity index (χ4v) is 1.95. The summed E-state index contributed by atoms with van der Waals surface area (Å²) in [5.41, 5.74) is -0.414. The van der Waals surface area contributed by atoms with E-state index in [0.717, 1.165) is 12.8 Å². The van der Waals surface area contributed by atoms with Gasteiger partial charge in [0, 0.05) is 6.04 Å². The first-order valence-electron chi connectivity index (χ1n) is 5.17. The fraction of sp³-hybridized carbons (Fsp3) is 0.727. The SMILES string of the molecule is CC(C)(C)OC(=O)NC1CC(/C=C/Br)C1. The predicted octanol–water partition coefficient (Wildman–Crippen LogP) is 3.20. The van der Waals surface area contributed by atoms with E-state index in [0.29, 0.717) is 5.92 Å². The maximum atomic E-state index is 11.4. The Labute approximate surface area is 99.4 Å². The van der Waals surface area contributed by atoms with Gasteiger partial charge in [0.15, 0.2) is 0 Å². The lowest BCUT2D eigenvalue weighted by Crippen LogP contribution is -2.45. The largest absolute Gasteiger partial charge is 0.444 e. The van der Waals surface area contributed by atoms with Gasteiger partial charge >= 0.3 is 6.09 Å². The molecule has 4 heteroatoms. The molecule has 1 fully saturated rings. The van der Waals surface area contributed by atoms with Crippen molar-refractivity contribution < 1.29 is 9.53 Å². The summed E-state index contributed by atoms with van der Waals surface area (Å²) in [4.78, 5) is 13.2. The summed E-state index contributed by atoms with van der Waals surface area (Å²) in [7, 11) is 0. The van der Waals surface area contributed by atoms with Crippen LogP contribution in [-0.2, 0) is 4.74 Å². The predicted molar refractivity (Wildman–Crippen MR) is 63.9 cm³/mol. The highest BCUT2D eigenvalue weighted by Gasteiger charge is 2.29. The molecule has 0 bridgehead atoms. The Morgan fingerprint density at radius 1 is 1.47 bits per heavy atom. The normalized spacial score (nSPS) is 26.1. The van der Waals surface area contributed by atoms with E-state index >= 15 is 0 Å². The average Bonchev–Trinajstić information content (AvgIpc) is 1.97. The van der Waals surface area contributed by atoms with Crippen LogP contribution in [0.15, 0.2) is 11.1 Å². The zero-order chi connectivity index (χ0) is 11.5. The van der Waals surface area contributed by atoms with Gasteiger partial charge in [-0.2, -0.15) is 0 Å². The van der Waals surface area contributed by atoms with Crippen LogP contribution < -0.4 is 5.32 Å². The van der Waals surface area contributed by atoms with Crippen LogP contribution >= 0.6 is 15.9 Å². The Morgan fingerprint density at radius 3 is 2.53 bits per heavy atom. The first kappa shape index (κ1) is 12.6. The number of amides is 1. The molecule has 1 amide bonds. The lowest BCUT2D eigenvalue weighted by Gasteiger charge is -2.34. The minimum Gasteiger partial charge on any atom is -0.444 e. The molecule has 15 heavy (non-hydrogen) atoms. The van der Waals surface area contributed by atoms with Crippen molar-refractivity contribution in [2.24, 2.45) is 5.92 Å². The molecule has 0 aliphatic heterocycles. The fourth-order valence-electron chi connectivity index (χ4n) is 1.51. The van der Waals surface area contributed by atoms with Gasteiger partial charge in [0.1, 0.15) is 5.60 Å². The smallest absolute Gasteiger partial charge is 0.407 e. The van der Waals surface area contributed by atoms with Crippen molar-refractivity contribution in [2.75, 3.05) is 0 Å². The number of nitrogens with one attached hydrogen (secondary N) is 1.